The minimum Gasteiger partial charge on any atom is -0.408 e. The number of hydrogen-bond donors (Lipinski definition) is 4. The van der Waals surface area contributed by atoms with Crippen LogP contribution in [-0.2, 0) is 6.54 Å². The van der Waals surface area contributed by atoms with Crippen molar-refractivity contribution < 1.29 is 18.1 Å². The average molecular weight is 448 g/mol. The molecule has 0 bridgehead atoms. The van der Waals surface area contributed by atoms with E-state index in [0.717, 1.165) is 29.6 Å². The number of aliphatic hydroxyl groups excluding tert-OH is 1. The summed E-state index contributed by atoms with van der Waals surface area (Å²) in [7, 11) is 1.68. The molecule has 0 atom stereocenters. The summed E-state index contributed by atoms with van der Waals surface area (Å²) < 4.78 is 34.1. The van der Waals surface area contributed by atoms with E-state index in [0.29, 0.717) is 12.2 Å². The van der Waals surface area contributed by atoms with Crippen LogP contribution in [0.5, 0.6) is 5.75 Å². The van der Waals surface area contributed by atoms with E-state index in [4.69, 9.17) is 20.9 Å². The first-order valence-corrected chi connectivity index (χ1v) is 8.78. The summed E-state index contributed by atoms with van der Waals surface area (Å²) in [6, 6.07) is 6.80. The van der Waals surface area contributed by atoms with Gasteiger partial charge in [-0.25, -0.2) is 25.2 Å². The molecule has 160 valence electrons. The highest BCUT2D eigenvalue weighted by atomic mass is 32.2. The first-order valence-electron chi connectivity index (χ1n) is 8.08. The van der Waals surface area contributed by atoms with Crippen LogP contribution < -0.4 is 21.2 Å². The van der Waals surface area contributed by atoms with Crippen LogP contribution in [0.25, 0.3) is 0 Å². The number of nitrogens with zero attached hydrogens (tertiary/aromatic N) is 4. The smallest absolute Gasteiger partial charge is 0.161 e. The summed E-state index contributed by atoms with van der Waals surface area (Å²) >= 11 is 0.926. The summed E-state index contributed by atoms with van der Waals surface area (Å²) in [5, 5.41) is 13.6. The van der Waals surface area contributed by atoms with Gasteiger partial charge in [0.25, 0.3) is 0 Å². The Morgan fingerprint density at radius 2 is 2.10 bits per heavy atom. The number of hydrazine groups is 2. The van der Waals surface area contributed by atoms with Gasteiger partial charge in [0.2, 0.25) is 0 Å². The van der Waals surface area contributed by atoms with Crippen LogP contribution in [-0.4, -0.2) is 45.7 Å². The zero-order valence-electron chi connectivity index (χ0n) is 15.5. The molecule has 1 heterocycles. The molecule has 2 aromatic rings. The van der Waals surface area contributed by atoms with Gasteiger partial charge < -0.3 is 15.0 Å². The van der Waals surface area contributed by atoms with Crippen molar-refractivity contribution in [2.24, 2.45) is 16.7 Å². The van der Waals surface area contributed by atoms with Gasteiger partial charge in [-0.2, -0.15) is 17.9 Å². The summed E-state index contributed by atoms with van der Waals surface area (Å²) in [5.74, 6) is 4.75. The number of aliphatic hydroxyl groups is 1. The molecule has 1 aromatic heterocycles. The zero-order valence-corrected chi connectivity index (χ0v) is 17.4. The maximum Gasteiger partial charge on any atom is 0.161 e. The largest absolute Gasteiger partial charge is 0.408 e. The summed E-state index contributed by atoms with van der Waals surface area (Å²) in [4.78, 5) is 3.86. The molecule has 29 heavy (non-hydrogen) atoms. The number of halogens is 2. The fourth-order valence-corrected chi connectivity index (χ4v) is 2.43. The first kappa shape index (κ1) is 24.9. The molecular formula is C16H23F2N7O2S2. The molecule has 0 aliphatic rings. The van der Waals surface area contributed by atoms with Crippen LogP contribution in [0.15, 0.2) is 41.6 Å². The lowest BCUT2D eigenvalue weighted by molar-refractivity contribution is 0.261. The molecule has 0 spiro atoms. The number of benzene rings is 1. The van der Waals surface area contributed by atoms with E-state index in [9.17, 15) is 8.78 Å². The van der Waals surface area contributed by atoms with Crippen molar-refractivity contribution in [3.8, 4) is 5.75 Å². The third-order valence-corrected chi connectivity index (χ3v) is 3.88. The minimum atomic E-state index is -0.640. The molecule has 9 nitrogen and oxygen atoms in total. The normalized spacial score (nSPS) is 11.3. The molecule has 0 unspecified atom stereocenters. The Bertz CT molecular complexity index is 799. The quantitative estimate of drug-likeness (QED) is 0.105. The Hall–Kier alpha value is -2.16. The van der Waals surface area contributed by atoms with E-state index in [1.54, 1.807) is 7.05 Å². The molecule has 0 saturated carbocycles. The molecular weight excluding hydrogens is 424 g/mol. The molecule has 0 aliphatic heterocycles. The van der Waals surface area contributed by atoms with Crippen molar-refractivity contribution in [3.63, 3.8) is 0 Å². The number of aromatic nitrogens is 1. The molecule has 0 radical (unpaired) electrons. The number of rotatable bonds is 10. The van der Waals surface area contributed by atoms with Gasteiger partial charge in [-0.15, -0.1) is 5.10 Å². The Kier molecular flexibility index (Phi) is 10.6. The number of nitrogens with one attached hydrogen (secondary N) is 1. The van der Waals surface area contributed by atoms with Crippen LogP contribution in [0.2, 0.25) is 0 Å². The predicted octanol–water partition coefficient (Wildman–Crippen LogP) is 0.840. The van der Waals surface area contributed by atoms with Crippen molar-refractivity contribution in [2.45, 2.75) is 6.54 Å². The monoisotopic (exact) mass is 447 g/mol. The van der Waals surface area contributed by atoms with Crippen molar-refractivity contribution in [1.29, 1.82) is 0 Å². The fraction of sp³-hybridized carbons (Fsp3) is 0.250. The Morgan fingerprint density at radius 3 is 2.72 bits per heavy atom. The molecule has 1 aromatic carbocycles. The highest BCUT2D eigenvalue weighted by molar-refractivity contribution is 7.92. The lowest BCUT2D eigenvalue weighted by Crippen LogP contribution is -2.31. The van der Waals surface area contributed by atoms with Gasteiger partial charge in [0, 0.05) is 19.7 Å². The number of hydrogen-bond acceptors (Lipinski definition) is 9. The molecule has 0 saturated heterocycles. The van der Waals surface area contributed by atoms with Crippen LogP contribution in [0.1, 0.15) is 11.3 Å². The molecule has 13 heteroatoms. The minimum absolute atomic E-state index is 0. The lowest BCUT2D eigenvalue weighted by Gasteiger charge is -2.16. The van der Waals surface area contributed by atoms with Gasteiger partial charge >= 0.3 is 0 Å². The maximum atomic E-state index is 14.3. The highest BCUT2D eigenvalue weighted by Gasteiger charge is 2.11. The molecule has 6 N–H and O–H groups in total. The second-order valence-corrected chi connectivity index (χ2v) is 6.34. The maximum absolute atomic E-state index is 14.3. The van der Waals surface area contributed by atoms with Gasteiger partial charge in [-0.1, -0.05) is 0 Å². The number of amidine groups is 1. The lowest BCUT2D eigenvalue weighted by atomic mass is 10.2. The standard InChI is InChI=1S/C16H21F2N7O2S.H2S/c1-24(22-6-7-26)28-27-13-4-5-14(15(18)8-13)16(19)23-25(20)10-12-3-2-11(17)9-21-12;/h2-5,8-9,22,26H,6-7,10,20H2,1H3,(H2,19,23);1H2. The molecule has 0 fully saturated rings. The van der Waals surface area contributed by atoms with E-state index < -0.39 is 11.6 Å². The van der Waals surface area contributed by atoms with E-state index in [1.807, 2.05) is 0 Å². The van der Waals surface area contributed by atoms with Crippen molar-refractivity contribution in [3.05, 3.63) is 59.4 Å². The van der Waals surface area contributed by atoms with Crippen molar-refractivity contribution in [1.82, 2.24) is 19.9 Å². The number of pyridine rings is 1. The van der Waals surface area contributed by atoms with Crippen LogP contribution >= 0.6 is 25.7 Å². The second kappa shape index (κ2) is 12.4. The fourth-order valence-electron chi connectivity index (χ4n) is 1.98. The van der Waals surface area contributed by atoms with Gasteiger partial charge in [-0.3, -0.25) is 4.98 Å². The molecule has 2 rings (SSSR count). The van der Waals surface area contributed by atoms with Crippen LogP contribution in [0.3, 0.4) is 0 Å². The Labute approximate surface area is 178 Å². The number of hydrazone groups is 1. The van der Waals surface area contributed by atoms with E-state index in [1.165, 1.54) is 28.7 Å². The van der Waals surface area contributed by atoms with E-state index in [-0.39, 0.29) is 43.8 Å². The second-order valence-electron chi connectivity index (χ2n) is 5.48. The van der Waals surface area contributed by atoms with Crippen molar-refractivity contribution in [2.75, 3.05) is 20.2 Å². The van der Waals surface area contributed by atoms with Gasteiger partial charge in [0.15, 0.2) is 18.1 Å². The van der Waals surface area contributed by atoms with E-state index >= 15 is 0 Å². The van der Waals surface area contributed by atoms with Crippen LogP contribution in [0.4, 0.5) is 8.78 Å². The first-order chi connectivity index (χ1) is 13.4. The van der Waals surface area contributed by atoms with Gasteiger partial charge in [-0.05, 0) is 24.3 Å². The Morgan fingerprint density at radius 1 is 1.34 bits per heavy atom. The highest BCUT2D eigenvalue weighted by Crippen LogP contribution is 2.21. The topological polar surface area (TPSA) is 125 Å². The van der Waals surface area contributed by atoms with Gasteiger partial charge in [0.05, 0.1) is 30.6 Å². The zero-order chi connectivity index (χ0) is 20.5. The average Bonchev–Trinajstić information content (AvgIpc) is 2.66. The third-order valence-electron chi connectivity index (χ3n) is 3.26. The predicted molar refractivity (Wildman–Crippen MR) is 113 cm³/mol. The Balaban J connectivity index is 0.00000420. The number of nitrogens with two attached hydrogens (primary N) is 2. The van der Waals surface area contributed by atoms with Crippen molar-refractivity contribution >= 4 is 31.6 Å². The summed E-state index contributed by atoms with van der Waals surface area (Å²) in [6.45, 7) is 0.395. The van der Waals surface area contributed by atoms with E-state index in [2.05, 4.69) is 15.5 Å². The SMILES string of the molecule is CN(NCCO)SOc1ccc(/C(N)=N/N(N)Cc2ccc(F)cn2)c(F)c1.S. The third kappa shape index (κ3) is 8.39. The summed E-state index contributed by atoms with van der Waals surface area (Å²) in [6.07, 6.45) is 1.06. The molecule has 0 aliphatic carbocycles. The van der Waals surface area contributed by atoms with Gasteiger partial charge in [0.1, 0.15) is 17.4 Å². The summed E-state index contributed by atoms with van der Waals surface area (Å²) in [5.41, 5.74) is 9.18. The molecule has 0 amide bonds. The van der Waals surface area contributed by atoms with Crippen LogP contribution in [0, 0.1) is 11.6 Å².